The van der Waals surface area contributed by atoms with Crippen molar-refractivity contribution in [3.63, 3.8) is 0 Å². The van der Waals surface area contributed by atoms with Crippen molar-refractivity contribution >= 4 is 23.4 Å². The molecule has 0 radical (unpaired) electrons. The van der Waals surface area contributed by atoms with Crippen LogP contribution in [-0.4, -0.2) is 73.4 Å². The highest BCUT2D eigenvalue weighted by atomic mass is 16.5. The van der Waals surface area contributed by atoms with Crippen molar-refractivity contribution in [2.75, 3.05) is 45.1 Å². The van der Waals surface area contributed by atoms with Gasteiger partial charge in [-0.2, -0.15) is 5.10 Å². The summed E-state index contributed by atoms with van der Waals surface area (Å²) >= 11 is 0. The molecule has 174 valence electrons. The maximum absolute atomic E-state index is 13.3. The second-order valence-corrected chi connectivity index (χ2v) is 9.14. The van der Waals surface area contributed by atoms with Gasteiger partial charge < -0.3 is 20.8 Å². The number of nitrogens with one attached hydrogen (secondary N) is 1. The number of nitrogens with zero attached hydrogens (tertiary/aromatic N) is 3. The van der Waals surface area contributed by atoms with Crippen LogP contribution in [0.1, 0.15) is 61.4 Å². The predicted octanol–water partition coefficient (Wildman–Crippen LogP) is 3.13. The monoisotopic (exact) mass is 439 g/mol. The second kappa shape index (κ2) is 11.0. The van der Waals surface area contributed by atoms with Crippen LogP contribution in [-0.2, 0) is 4.74 Å². The van der Waals surface area contributed by atoms with Crippen LogP contribution in [0, 0.1) is 0 Å². The van der Waals surface area contributed by atoms with Crippen molar-refractivity contribution in [3.8, 4) is 0 Å². The van der Waals surface area contributed by atoms with Crippen molar-refractivity contribution < 1.29 is 9.53 Å². The SMILES string of the molecule is CC1/C=C(/c2cc(C(=O)N3CCC(N4CCOCC4)CC3)ccc2N)CCCC/C=N\N1. The molecule has 0 aromatic heterocycles. The number of carbonyl (C=O) groups excluding carboxylic acids is 1. The Labute approximate surface area is 191 Å². The lowest BCUT2D eigenvalue weighted by Gasteiger charge is -2.40. The van der Waals surface area contributed by atoms with Crippen LogP contribution in [0.15, 0.2) is 29.4 Å². The highest BCUT2D eigenvalue weighted by molar-refractivity contribution is 5.96. The number of amides is 1. The van der Waals surface area contributed by atoms with Crippen LogP contribution in [0.3, 0.4) is 0 Å². The molecular weight excluding hydrogens is 402 g/mol. The Morgan fingerprint density at radius 3 is 2.72 bits per heavy atom. The summed E-state index contributed by atoms with van der Waals surface area (Å²) in [6.07, 6.45) is 10.3. The standard InChI is InChI=1S/C25H37N5O2/c1-19-17-20(5-3-2-4-10-27-28-19)23-18-21(6-7-24(23)26)25(31)30-11-8-22(9-12-30)29-13-15-32-16-14-29/h6-7,10,17-19,22,28H,2-5,8-9,11-16,26H2,1H3/b20-17+,27-10-. The molecule has 0 aliphatic carbocycles. The number of anilines is 1. The van der Waals surface area contributed by atoms with Gasteiger partial charge in [0.1, 0.15) is 0 Å². The van der Waals surface area contributed by atoms with Crippen LogP contribution in [0.4, 0.5) is 5.69 Å². The van der Waals surface area contributed by atoms with Gasteiger partial charge in [0.25, 0.3) is 5.91 Å². The number of carbonyl (C=O) groups is 1. The highest BCUT2D eigenvalue weighted by Crippen LogP contribution is 2.29. The third-order valence-electron chi connectivity index (χ3n) is 6.81. The molecule has 2 fully saturated rings. The van der Waals surface area contributed by atoms with Gasteiger partial charge in [-0.05, 0) is 69.2 Å². The lowest BCUT2D eigenvalue weighted by atomic mass is 9.94. The molecule has 0 spiro atoms. The molecule has 1 amide bonds. The predicted molar refractivity (Wildman–Crippen MR) is 130 cm³/mol. The zero-order chi connectivity index (χ0) is 22.3. The summed E-state index contributed by atoms with van der Waals surface area (Å²) in [6, 6.07) is 6.44. The highest BCUT2D eigenvalue weighted by Gasteiger charge is 2.28. The van der Waals surface area contributed by atoms with Crippen molar-refractivity contribution in [2.45, 2.75) is 57.5 Å². The number of hydrogen-bond acceptors (Lipinski definition) is 6. The maximum atomic E-state index is 13.3. The maximum Gasteiger partial charge on any atom is 0.253 e. The van der Waals surface area contributed by atoms with E-state index in [1.54, 1.807) is 0 Å². The molecule has 32 heavy (non-hydrogen) atoms. The first kappa shape index (κ1) is 22.8. The number of allylic oxidation sites excluding steroid dienone is 1. The Morgan fingerprint density at radius 2 is 1.94 bits per heavy atom. The zero-order valence-electron chi connectivity index (χ0n) is 19.3. The van der Waals surface area contributed by atoms with E-state index in [4.69, 9.17) is 10.5 Å². The molecule has 3 aliphatic heterocycles. The number of morpholine rings is 1. The van der Waals surface area contributed by atoms with Gasteiger partial charge >= 0.3 is 0 Å². The van der Waals surface area contributed by atoms with Gasteiger partial charge in [0.05, 0.1) is 19.3 Å². The fourth-order valence-corrected chi connectivity index (χ4v) is 4.96. The molecule has 1 unspecified atom stereocenters. The van der Waals surface area contributed by atoms with Gasteiger partial charge in [-0.25, -0.2) is 0 Å². The molecule has 7 nitrogen and oxygen atoms in total. The lowest BCUT2D eigenvalue weighted by Crippen LogP contribution is -2.50. The van der Waals surface area contributed by atoms with Crippen LogP contribution < -0.4 is 11.2 Å². The topological polar surface area (TPSA) is 83.2 Å². The largest absolute Gasteiger partial charge is 0.398 e. The number of piperidine rings is 1. The van der Waals surface area contributed by atoms with E-state index in [1.807, 2.05) is 29.3 Å². The van der Waals surface area contributed by atoms with Crippen molar-refractivity contribution in [1.29, 1.82) is 0 Å². The number of likely N-dealkylation sites (tertiary alicyclic amines) is 1. The average Bonchev–Trinajstić information content (AvgIpc) is 2.83. The smallest absolute Gasteiger partial charge is 0.253 e. The van der Waals surface area contributed by atoms with Gasteiger partial charge in [0.15, 0.2) is 0 Å². The Morgan fingerprint density at radius 1 is 1.16 bits per heavy atom. The first-order valence-electron chi connectivity index (χ1n) is 12.1. The molecule has 2 saturated heterocycles. The summed E-state index contributed by atoms with van der Waals surface area (Å²) in [5.41, 5.74) is 13.2. The minimum atomic E-state index is 0.109. The number of rotatable bonds is 3. The van der Waals surface area contributed by atoms with Gasteiger partial charge in [0, 0.05) is 55.2 Å². The molecule has 1 aromatic rings. The Balaban J connectivity index is 1.45. The van der Waals surface area contributed by atoms with E-state index in [0.29, 0.717) is 6.04 Å². The minimum Gasteiger partial charge on any atom is -0.398 e. The normalized spacial score (nSPS) is 26.6. The molecule has 1 atom stereocenters. The second-order valence-electron chi connectivity index (χ2n) is 9.14. The molecular formula is C25H37N5O2. The zero-order valence-corrected chi connectivity index (χ0v) is 19.3. The van der Waals surface area contributed by atoms with Gasteiger partial charge in [0.2, 0.25) is 0 Å². The molecule has 4 rings (SSSR count). The molecule has 3 N–H and O–H groups in total. The summed E-state index contributed by atoms with van der Waals surface area (Å²) in [6.45, 7) is 7.36. The number of hydrogen-bond donors (Lipinski definition) is 2. The Hall–Kier alpha value is -2.38. The molecule has 1 aromatic carbocycles. The van der Waals surface area contributed by atoms with E-state index in [-0.39, 0.29) is 11.9 Å². The number of nitrogen functional groups attached to an aromatic ring is 1. The summed E-state index contributed by atoms with van der Waals surface area (Å²) in [5.74, 6) is 0.114. The number of hydrazone groups is 1. The molecule has 0 bridgehead atoms. The van der Waals surface area contributed by atoms with E-state index in [0.717, 1.165) is 94.7 Å². The summed E-state index contributed by atoms with van der Waals surface area (Å²) in [7, 11) is 0. The van der Waals surface area contributed by atoms with Gasteiger partial charge in [-0.3, -0.25) is 9.69 Å². The van der Waals surface area contributed by atoms with E-state index >= 15 is 0 Å². The minimum absolute atomic E-state index is 0.109. The molecule has 0 saturated carbocycles. The van der Waals surface area contributed by atoms with E-state index in [9.17, 15) is 4.79 Å². The van der Waals surface area contributed by atoms with Gasteiger partial charge in [-0.15, -0.1) is 0 Å². The van der Waals surface area contributed by atoms with Crippen molar-refractivity contribution in [1.82, 2.24) is 15.2 Å². The fraction of sp³-hybridized carbons (Fsp3) is 0.600. The third-order valence-corrected chi connectivity index (χ3v) is 6.81. The Kier molecular flexibility index (Phi) is 7.81. The van der Waals surface area contributed by atoms with Crippen LogP contribution in [0.2, 0.25) is 0 Å². The summed E-state index contributed by atoms with van der Waals surface area (Å²) in [4.78, 5) is 17.8. The Bertz CT molecular complexity index is 839. The van der Waals surface area contributed by atoms with Crippen LogP contribution in [0.5, 0.6) is 0 Å². The molecule has 3 aliphatic rings. The first-order valence-corrected chi connectivity index (χ1v) is 12.1. The van der Waals surface area contributed by atoms with E-state index in [2.05, 4.69) is 28.4 Å². The first-order chi connectivity index (χ1) is 15.6. The number of ether oxygens (including phenoxy) is 1. The van der Waals surface area contributed by atoms with Crippen molar-refractivity contribution in [2.24, 2.45) is 5.10 Å². The molecule has 3 heterocycles. The quantitative estimate of drug-likeness (QED) is 0.707. The molecule has 7 heteroatoms. The van der Waals surface area contributed by atoms with E-state index < -0.39 is 0 Å². The van der Waals surface area contributed by atoms with Crippen molar-refractivity contribution in [3.05, 3.63) is 35.4 Å². The number of benzene rings is 1. The van der Waals surface area contributed by atoms with E-state index in [1.165, 1.54) is 5.57 Å². The van der Waals surface area contributed by atoms with Gasteiger partial charge in [-0.1, -0.05) is 6.08 Å². The number of nitrogens with two attached hydrogens (primary N) is 1. The fourth-order valence-electron chi connectivity index (χ4n) is 4.96. The van der Waals surface area contributed by atoms with Crippen LogP contribution in [0.25, 0.3) is 5.57 Å². The van der Waals surface area contributed by atoms with Crippen LogP contribution >= 0.6 is 0 Å². The third kappa shape index (κ3) is 5.70. The average molecular weight is 440 g/mol. The lowest BCUT2D eigenvalue weighted by molar-refractivity contribution is 0.00159. The summed E-state index contributed by atoms with van der Waals surface area (Å²) < 4.78 is 5.48. The summed E-state index contributed by atoms with van der Waals surface area (Å²) in [5, 5.41) is 4.29.